The van der Waals surface area contributed by atoms with Gasteiger partial charge in [0.25, 0.3) is 0 Å². The largest absolute Gasteiger partial charge is 0.393 e. The van der Waals surface area contributed by atoms with E-state index in [4.69, 9.17) is 4.74 Å². The van der Waals surface area contributed by atoms with Gasteiger partial charge >= 0.3 is 0 Å². The number of hydrogen-bond acceptors (Lipinski definition) is 3. The number of aliphatic hydroxyl groups is 1. The molecule has 4 nitrogen and oxygen atoms in total. The smallest absolute Gasteiger partial charge is 0.0956 e. The van der Waals surface area contributed by atoms with Crippen molar-refractivity contribution in [2.75, 3.05) is 13.2 Å². The van der Waals surface area contributed by atoms with Gasteiger partial charge in [0.1, 0.15) is 0 Å². The molecule has 102 valence electrons. The van der Waals surface area contributed by atoms with Crippen LogP contribution in [0.2, 0.25) is 0 Å². The third-order valence-corrected chi connectivity index (χ3v) is 5.38. The first-order valence-corrected chi connectivity index (χ1v) is 7.17. The van der Waals surface area contributed by atoms with Crippen LogP contribution >= 0.6 is 0 Å². The van der Waals surface area contributed by atoms with Crippen LogP contribution < -0.4 is 0 Å². The van der Waals surface area contributed by atoms with Crippen molar-refractivity contribution in [2.45, 2.75) is 18.6 Å². The number of aliphatic hydroxyl groups excluding tert-OH is 1. The van der Waals surface area contributed by atoms with Crippen molar-refractivity contribution in [1.29, 1.82) is 0 Å². The lowest BCUT2D eigenvalue weighted by Gasteiger charge is -2.60. The van der Waals surface area contributed by atoms with E-state index in [1.807, 2.05) is 12.5 Å². The molecule has 20 heavy (non-hydrogen) atoms. The molecule has 4 heteroatoms. The van der Waals surface area contributed by atoms with Gasteiger partial charge in [-0.3, -0.25) is 0 Å². The van der Waals surface area contributed by atoms with Crippen LogP contribution in [0.15, 0.2) is 36.8 Å². The predicted molar refractivity (Wildman–Crippen MR) is 73.2 cm³/mol. The van der Waals surface area contributed by atoms with Gasteiger partial charge in [-0.2, -0.15) is 0 Å². The predicted octanol–water partition coefficient (Wildman–Crippen LogP) is 1.85. The molecule has 1 aliphatic carbocycles. The minimum absolute atomic E-state index is 0.184. The van der Waals surface area contributed by atoms with Gasteiger partial charge in [-0.25, -0.2) is 4.98 Å². The van der Waals surface area contributed by atoms with Gasteiger partial charge < -0.3 is 14.4 Å². The molecule has 1 spiro atoms. The van der Waals surface area contributed by atoms with Crippen LogP contribution in [0.5, 0.6) is 0 Å². The molecule has 1 saturated carbocycles. The lowest BCUT2D eigenvalue weighted by atomic mass is 9.53. The Hall–Kier alpha value is -1.65. The summed E-state index contributed by atoms with van der Waals surface area (Å²) in [5.74, 6) is 0.243. The van der Waals surface area contributed by atoms with Gasteiger partial charge in [0.05, 0.1) is 43.6 Å². The molecule has 0 radical (unpaired) electrons. The average Bonchev–Trinajstić information content (AvgIpc) is 2.97. The third kappa shape index (κ3) is 1.13. The van der Waals surface area contributed by atoms with E-state index in [1.54, 1.807) is 0 Å². The Kier molecular flexibility index (Phi) is 1.94. The minimum atomic E-state index is -0.231. The van der Waals surface area contributed by atoms with Crippen molar-refractivity contribution >= 4 is 0 Å². The zero-order chi connectivity index (χ0) is 13.3. The number of rotatable bonds is 1. The fourth-order valence-electron chi connectivity index (χ4n) is 4.39. The van der Waals surface area contributed by atoms with E-state index in [-0.39, 0.29) is 23.5 Å². The minimum Gasteiger partial charge on any atom is -0.393 e. The average molecular weight is 268 g/mol. The van der Waals surface area contributed by atoms with Crippen LogP contribution in [0.25, 0.3) is 11.3 Å². The molecule has 5 rings (SSSR count). The molecule has 1 aromatic carbocycles. The van der Waals surface area contributed by atoms with Crippen LogP contribution in [0.3, 0.4) is 0 Å². The zero-order valence-corrected chi connectivity index (χ0v) is 11.1. The number of hydrogen-bond donors (Lipinski definition) is 1. The maximum absolute atomic E-state index is 10.4. The first-order chi connectivity index (χ1) is 9.80. The Bertz CT molecular complexity index is 689. The number of aromatic nitrogens is 2. The monoisotopic (exact) mass is 268 g/mol. The van der Waals surface area contributed by atoms with Crippen molar-refractivity contribution in [3.05, 3.63) is 42.4 Å². The van der Waals surface area contributed by atoms with Gasteiger partial charge in [-0.15, -0.1) is 0 Å². The Labute approximate surface area is 117 Å². The molecule has 2 aromatic rings. The summed E-state index contributed by atoms with van der Waals surface area (Å²) < 4.78 is 7.67. The second kappa shape index (κ2) is 3.51. The molecule has 2 fully saturated rings. The Balaban J connectivity index is 1.68. The number of nitrogens with zero attached hydrogens (tertiary/aromatic N) is 2. The standard InChI is InChI=1S/C16H16N2O2/c19-13-5-16(7-20-8-16)14(13)15-11-4-2-1-3-10(11)12-6-17-9-18(12)15/h1-4,6,9,13-15,19H,5,7-8H2/t13-,14+,15?/m0/s1. The van der Waals surface area contributed by atoms with Crippen LogP contribution in [-0.4, -0.2) is 34.0 Å². The highest BCUT2D eigenvalue weighted by Gasteiger charge is 2.62. The van der Waals surface area contributed by atoms with Gasteiger partial charge in [-0.05, 0) is 12.0 Å². The molecule has 2 aliphatic heterocycles. The van der Waals surface area contributed by atoms with E-state index < -0.39 is 0 Å². The molecular weight excluding hydrogens is 252 g/mol. The lowest BCUT2D eigenvalue weighted by Crippen LogP contribution is -2.64. The third-order valence-electron chi connectivity index (χ3n) is 5.38. The van der Waals surface area contributed by atoms with Gasteiger partial charge in [0.2, 0.25) is 0 Å². The van der Waals surface area contributed by atoms with Crippen LogP contribution in [-0.2, 0) is 4.74 Å². The molecule has 1 unspecified atom stereocenters. The molecule has 1 saturated heterocycles. The molecule has 3 atom stereocenters. The van der Waals surface area contributed by atoms with E-state index >= 15 is 0 Å². The molecule has 0 amide bonds. The molecular formula is C16H16N2O2. The molecule has 1 N–H and O–H groups in total. The SMILES string of the molecule is O[C@H]1CC2(COC2)[C@H]1C1c2ccccc2-c2cncn21. The summed E-state index contributed by atoms with van der Waals surface area (Å²) in [6.45, 7) is 1.58. The van der Waals surface area contributed by atoms with E-state index in [0.29, 0.717) is 0 Å². The van der Waals surface area contributed by atoms with Gasteiger partial charge in [0.15, 0.2) is 0 Å². The summed E-state index contributed by atoms with van der Waals surface area (Å²) >= 11 is 0. The van der Waals surface area contributed by atoms with E-state index in [0.717, 1.165) is 19.6 Å². The highest BCUT2D eigenvalue weighted by Crippen LogP contribution is 2.60. The number of fused-ring (bicyclic) bond motifs is 3. The topological polar surface area (TPSA) is 47.3 Å². The van der Waals surface area contributed by atoms with E-state index in [1.165, 1.54) is 16.8 Å². The summed E-state index contributed by atoms with van der Waals surface area (Å²) in [5.41, 5.74) is 3.92. The van der Waals surface area contributed by atoms with Crippen molar-refractivity contribution < 1.29 is 9.84 Å². The van der Waals surface area contributed by atoms with E-state index in [9.17, 15) is 5.11 Å². The highest BCUT2D eigenvalue weighted by molar-refractivity contribution is 5.69. The number of ether oxygens (including phenoxy) is 1. The summed E-state index contributed by atoms with van der Waals surface area (Å²) in [5, 5.41) is 10.4. The summed E-state index contributed by atoms with van der Waals surface area (Å²) in [6.07, 6.45) is 4.47. The number of imidazole rings is 1. The summed E-state index contributed by atoms with van der Waals surface area (Å²) in [6, 6.07) is 8.69. The van der Waals surface area contributed by atoms with Crippen LogP contribution in [0.1, 0.15) is 18.0 Å². The van der Waals surface area contributed by atoms with Gasteiger partial charge in [-0.1, -0.05) is 24.3 Å². The second-order valence-electron chi connectivity index (χ2n) is 6.37. The normalized spacial score (nSPS) is 32.4. The van der Waals surface area contributed by atoms with Gasteiger partial charge in [0, 0.05) is 16.9 Å². The molecule has 0 bridgehead atoms. The van der Waals surface area contributed by atoms with Crippen molar-refractivity contribution in [3.63, 3.8) is 0 Å². The van der Waals surface area contributed by atoms with E-state index in [2.05, 4.69) is 33.8 Å². The molecule has 1 aromatic heterocycles. The Morgan fingerprint density at radius 3 is 2.90 bits per heavy atom. The fraction of sp³-hybridized carbons (Fsp3) is 0.438. The van der Waals surface area contributed by atoms with Crippen LogP contribution in [0.4, 0.5) is 0 Å². The first kappa shape index (κ1) is 11.1. The second-order valence-corrected chi connectivity index (χ2v) is 6.37. The quantitative estimate of drug-likeness (QED) is 0.858. The fourth-order valence-corrected chi connectivity index (χ4v) is 4.39. The maximum atomic E-state index is 10.4. The molecule has 3 heterocycles. The Morgan fingerprint density at radius 2 is 2.15 bits per heavy atom. The highest BCUT2D eigenvalue weighted by atomic mass is 16.5. The van der Waals surface area contributed by atoms with Crippen LogP contribution in [0, 0.1) is 11.3 Å². The van der Waals surface area contributed by atoms with Crippen molar-refractivity contribution in [3.8, 4) is 11.3 Å². The lowest BCUT2D eigenvalue weighted by molar-refractivity contribution is -0.250. The maximum Gasteiger partial charge on any atom is 0.0956 e. The molecule has 3 aliphatic rings. The summed E-state index contributed by atoms with van der Waals surface area (Å²) in [7, 11) is 0. The summed E-state index contributed by atoms with van der Waals surface area (Å²) in [4.78, 5) is 4.30. The number of benzene rings is 1. The van der Waals surface area contributed by atoms with Crippen molar-refractivity contribution in [2.24, 2.45) is 11.3 Å². The van der Waals surface area contributed by atoms with Crippen molar-refractivity contribution in [1.82, 2.24) is 9.55 Å². The first-order valence-electron chi connectivity index (χ1n) is 7.17. The Morgan fingerprint density at radius 1 is 1.30 bits per heavy atom. The zero-order valence-electron chi connectivity index (χ0n) is 11.1.